The van der Waals surface area contributed by atoms with Gasteiger partial charge in [-0.3, -0.25) is 4.79 Å². The van der Waals surface area contributed by atoms with Crippen molar-refractivity contribution in [2.75, 3.05) is 11.4 Å². The minimum Gasteiger partial charge on any atom is -0.362 e. The zero-order chi connectivity index (χ0) is 18.6. The van der Waals surface area contributed by atoms with E-state index in [0.717, 1.165) is 24.1 Å². The van der Waals surface area contributed by atoms with Crippen molar-refractivity contribution in [3.05, 3.63) is 34.9 Å². The Kier molecular flexibility index (Phi) is 5.63. The maximum atomic E-state index is 11.3. The fourth-order valence-corrected chi connectivity index (χ4v) is 3.30. The molecule has 0 unspecified atom stereocenters. The lowest BCUT2D eigenvalue weighted by molar-refractivity contribution is -0.120. The number of hydrogen-bond donors (Lipinski definition) is 1. The molecule has 0 saturated carbocycles. The van der Waals surface area contributed by atoms with Crippen LogP contribution >= 0.6 is 0 Å². The van der Waals surface area contributed by atoms with Crippen molar-refractivity contribution >= 4 is 23.4 Å². The maximum Gasteiger partial charge on any atom is 0.254 e. The quantitative estimate of drug-likeness (QED) is 0.656. The van der Waals surface area contributed by atoms with E-state index in [1.54, 1.807) is 12.3 Å². The minimum absolute atomic E-state index is 0.0135. The largest absolute Gasteiger partial charge is 0.362 e. The van der Waals surface area contributed by atoms with Crippen LogP contribution in [-0.2, 0) is 4.79 Å². The van der Waals surface area contributed by atoms with E-state index < -0.39 is 5.91 Å². The second kappa shape index (κ2) is 7.52. The molecule has 5 nitrogen and oxygen atoms in total. The van der Waals surface area contributed by atoms with E-state index in [0.29, 0.717) is 0 Å². The lowest BCUT2D eigenvalue weighted by Crippen LogP contribution is -2.45. The molecule has 5 heteroatoms. The Labute approximate surface area is 150 Å². The number of nitrogens with zero attached hydrogens (tertiary/aromatic N) is 3. The first-order chi connectivity index (χ1) is 11.8. The van der Waals surface area contributed by atoms with Crippen LogP contribution in [0.25, 0.3) is 5.57 Å². The van der Waals surface area contributed by atoms with Crippen LogP contribution in [0.2, 0.25) is 0 Å². The molecule has 0 saturated heterocycles. The highest BCUT2D eigenvalue weighted by Gasteiger charge is 2.30. The number of fused-ring (bicyclic) bond motifs is 1. The third kappa shape index (κ3) is 4.08. The van der Waals surface area contributed by atoms with Gasteiger partial charge in [-0.05, 0) is 62.9 Å². The van der Waals surface area contributed by atoms with Gasteiger partial charge in [-0.25, -0.2) is 5.43 Å². The predicted molar refractivity (Wildman–Crippen MR) is 103 cm³/mol. The molecule has 0 spiro atoms. The Morgan fingerprint density at radius 1 is 1.40 bits per heavy atom. The van der Waals surface area contributed by atoms with Crippen molar-refractivity contribution in [2.24, 2.45) is 5.10 Å². The number of hydrazone groups is 1. The third-order valence-corrected chi connectivity index (χ3v) is 4.45. The van der Waals surface area contributed by atoms with Crippen LogP contribution in [0.5, 0.6) is 0 Å². The number of aryl methyl sites for hydroxylation is 1. The highest BCUT2D eigenvalue weighted by molar-refractivity contribution is 5.90. The van der Waals surface area contributed by atoms with Gasteiger partial charge in [0.2, 0.25) is 0 Å². The Balaban J connectivity index is 2.37. The SMILES string of the molecule is CCCN1c2cc(C)c(/C=N\NC(=O)CC#N)cc2C(C)=CC1(C)C. The molecule has 0 atom stereocenters. The Morgan fingerprint density at radius 3 is 2.76 bits per heavy atom. The molecule has 1 aromatic carbocycles. The second-order valence-corrected chi connectivity index (χ2v) is 6.99. The highest BCUT2D eigenvalue weighted by atomic mass is 16.2. The normalized spacial score (nSPS) is 15.5. The number of benzene rings is 1. The van der Waals surface area contributed by atoms with Gasteiger partial charge in [0.1, 0.15) is 6.42 Å². The molecule has 1 aliphatic rings. The Morgan fingerprint density at radius 2 is 2.12 bits per heavy atom. The highest BCUT2D eigenvalue weighted by Crippen LogP contribution is 2.40. The molecule has 0 fully saturated rings. The van der Waals surface area contributed by atoms with E-state index in [9.17, 15) is 4.79 Å². The van der Waals surface area contributed by atoms with Gasteiger partial charge >= 0.3 is 0 Å². The monoisotopic (exact) mass is 338 g/mol. The summed E-state index contributed by atoms with van der Waals surface area (Å²) in [6.45, 7) is 11.9. The summed E-state index contributed by atoms with van der Waals surface area (Å²) in [6, 6.07) is 6.12. The summed E-state index contributed by atoms with van der Waals surface area (Å²) < 4.78 is 0. The molecule has 0 bridgehead atoms. The van der Waals surface area contributed by atoms with Gasteiger partial charge < -0.3 is 4.90 Å². The summed E-state index contributed by atoms with van der Waals surface area (Å²) in [5.74, 6) is -0.402. The number of allylic oxidation sites excluding steroid dienone is 1. The molecule has 1 amide bonds. The average molecular weight is 338 g/mol. The summed E-state index contributed by atoms with van der Waals surface area (Å²) >= 11 is 0. The standard InChI is InChI=1S/C20H26N4O/c1-6-9-24-18-10-14(2)16(13-22-23-19(25)7-8-21)11-17(18)15(3)12-20(24,4)5/h10-13H,6-7,9H2,1-5H3,(H,23,25)/b22-13-. The van der Waals surface area contributed by atoms with Gasteiger partial charge in [0, 0.05) is 17.8 Å². The van der Waals surface area contributed by atoms with Crippen molar-refractivity contribution in [1.29, 1.82) is 5.26 Å². The van der Waals surface area contributed by atoms with Gasteiger partial charge in [0.15, 0.2) is 0 Å². The first-order valence-electron chi connectivity index (χ1n) is 8.61. The molecular weight excluding hydrogens is 312 g/mol. The molecule has 132 valence electrons. The first-order valence-corrected chi connectivity index (χ1v) is 8.61. The minimum atomic E-state index is -0.402. The van der Waals surface area contributed by atoms with Gasteiger partial charge in [0.25, 0.3) is 5.91 Å². The number of rotatable bonds is 5. The third-order valence-electron chi connectivity index (χ3n) is 4.45. The zero-order valence-corrected chi connectivity index (χ0v) is 15.7. The number of carbonyl (C=O) groups is 1. The van der Waals surface area contributed by atoms with Gasteiger partial charge in [0.05, 0.1) is 17.8 Å². The molecule has 1 aromatic rings. The van der Waals surface area contributed by atoms with E-state index in [-0.39, 0.29) is 12.0 Å². The van der Waals surface area contributed by atoms with Crippen LogP contribution in [0.4, 0.5) is 5.69 Å². The Bertz CT molecular complexity index is 769. The average Bonchev–Trinajstić information content (AvgIpc) is 2.52. The van der Waals surface area contributed by atoms with Crippen LogP contribution in [0.1, 0.15) is 57.2 Å². The van der Waals surface area contributed by atoms with Crippen molar-refractivity contribution in [3.8, 4) is 6.07 Å². The number of nitriles is 1. The van der Waals surface area contributed by atoms with E-state index in [1.165, 1.54) is 16.8 Å². The lowest BCUT2D eigenvalue weighted by atomic mass is 9.87. The molecule has 0 radical (unpaired) electrons. The van der Waals surface area contributed by atoms with E-state index in [1.807, 2.05) is 6.92 Å². The summed E-state index contributed by atoms with van der Waals surface area (Å²) in [6.07, 6.45) is 4.84. The Hall–Kier alpha value is -2.61. The molecule has 2 rings (SSSR count). The van der Waals surface area contributed by atoms with Crippen LogP contribution in [0.3, 0.4) is 0 Å². The summed E-state index contributed by atoms with van der Waals surface area (Å²) in [5, 5.41) is 12.5. The summed E-state index contributed by atoms with van der Waals surface area (Å²) in [7, 11) is 0. The van der Waals surface area contributed by atoms with Crippen LogP contribution in [0, 0.1) is 18.3 Å². The topological polar surface area (TPSA) is 68.5 Å². The molecule has 1 aliphatic heterocycles. The number of anilines is 1. The van der Waals surface area contributed by atoms with Gasteiger partial charge in [-0.2, -0.15) is 10.4 Å². The second-order valence-electron chi connectivity index (χ2n) is 6.99. The maximum absolute atomic E-state index is 11.3. The summed E-state index contributed by atoms with van der Waals surface area (Å²) in [5.41, 5.74) is 8.11. The molecule has 1 N–H and O–H groups in total. The van der Waals surface area contributed by atoms with Gasteiger partial charge in [-0.1, -0.05) is 13.0 Å². The molecule has 0 aliphatic carbocycles. The van der Waals surface area contributed by atoms with Crippen molar-refractivity contribution in [1.82, 2.24) is 5.43 Å². The van der Waals surface area contributed by atoms with E-state index in [2.05, 4.69) is 61.3 Å². The van der Waals surface area contributed by atoms with Gasteiger partial charge in [-0.15, -0.1) is 0 Å². The number of amides is 1. The molecule has 1 heterocycles. The molecular formula is C20H26N4O. The number of carbonyl (C=O) groups excluding carboxylic acids is 1. The predicted octanol–water partition coefficient (Wildman–Crippen LogP) is 3.77. The number of nitrogens with one attached hydrogen (secondary N) is 1. The fraction of sp³-hybridized carbons (Fsp3) is 0.450. The van der Waals surface area contributed by atoms with Crippen LogP contribution in [0.15, 0.2) is 23.3 Å². The fourth-order valence-electron chi connectivity index (χ4n) is 3.30. The lowest BCUT2D eigenvalue weighted by Gasteiger charge is -2.43. The zero-order valence-electron chi connectivity index (χ0n) is 15.7. The molecule has 25 heavy (non-hydrogen) atoms. The van der Waals surface area contributed by atoms with E-state index >= 15 is 0 Å². The van der Waals surface area contributed by atoms with Crippen LogP contribution < -0.4 is 10.3 Å². The number of hydrogen-bond acceptors (Lipinski definition) is 4. The van der Waals surface area contributed by atoms with Crippen molar-refractivity contribution in [2.45, 2.75) is 53.0 Å². The first kappa shape index (κ1) is 18.7. The molecule has 0 aromatic heterocycles. The van der Waals surface area contributed by atoms with Crippen molar-refractivity contribution in [3.63, 3.8) is 0 Å². The smallest absolute Gasteiger partial charge is 0.254 e. The summed E-state index contributed by atoms with van der Waals surface area (Å²) in [4.78, 5) is 13.8. The van der Waals surface area contributed by atoms with E-state index in [4.69, 9.17) is 5.26 Å². The van der Waals surface area contributed by atoms with Crippen molar-refractivity contribution < 1.29 is 4.79 Å². The van der Waals surface area contributed by atoms with Crippen LogP contribution in [-0.4, -0.2) is 24.2 Å².